The number of anilines is 2. The number of carbonyl (C=O) groups excluding carboxylic acids is 6. The van der Waals surface area contributed by atoms with Crippen LogP contribution in [0.3, 0.4) is 0 Å². The number of hydrogen-bond donors (Lipinski definition) is 2. The van der Waals surface area contributed by atoms with E-state index in [4.69, 9.17) is 23.2 Å². The van der Waals surface area contributed by atoms with E-state index in [9.17, 15) is 28.8 Å². The Bertz CT molecular complexity index is 3130. The number of urea groups is 2. The van der Waals surface area contributed by atoms with Crippen molar-refractivity contribution in [2.75, 3.05) is 36.8 Å². The summed E-state index contributed by atoms with van der Waals surface area (Å²) in [5.41, 5.74) is -0.966. The molecule has 4 atom stereocenters. The van der Waals surface area contributed by atoms with E-state index >= 15 is 0 Å². The third kappa shape index (κ3) is 11.0. The number of amides is 6. The largest absolute Gasteiger partial charge is 0.412 e. The zero-order valence-corrected chi connectivity index (χ0v) is 44.3. The molecule has 6 amide bonds. The summed E-state index contributed by atoms with van der Waals surface area (Å²) in [6.45, 7) is 4.20. The van der Waals surface area contributed by atoms with Crippen LogP contribution in [0.1, 0.15) is 58.8 Å². The first-order valence-corrected chi connectivity index (χ1v) is 25.7. The first kappa shape index (κ1) is 56.0. The zero-order chi connectivity index (χ0) is 54.8. The van der Waals surface area contributed by atoms with E-state index in [1.807, 2.05) is 26.0 Å². The molecule has 2 fully saturated rings. The van der Waals surface area contributed by atoms with Crippen LogP contribution in [0, 0.1) is 0 Å². The fourth-order valence-electron chi connectivity index (χ4n) is 9.93. The van der Waals surface area contributed by atoms with Crippen molar-refractivity contribution in [2.24, 2.45) is 0 Å². The Kier molecular flexibility index (Phi) is 17.6. The summed E-state index contributed by atoms with van der Waals surface area (Å²) in [5.74, 6) is -1.43. The van der Waals surface area contributed by atoms with Gasteiger partial charge >= 0.3 is 12.1 Å². The highest BCUT2D eigenvalue weighted by Gasteiger charge is 2.59. The molecule has 79 heavy (non-hydrogen) atoms. The number of Topliss-reactive ketones (excluding diaryl/α,β-unsaturated/α-hetero) is 2. The van der Waals surface area contributed by atoms with Gasteiger partial charge in [-0.2, -0.15) is 0 Å². The van der Waals surface area contributed by atoms with Crippen molar-refractivity contribution in [3.63, 3.8) is 0 Å². The highest BCUT2D eigenvalue weighted by Crippen LogP contribution is 2.39. The van der Waals surface area contributed by atoms with Crippen LogP contribution >= 0.6 is 23.2 Å². The molecule has 404 valence electrons. The summed E-state index contributed by atoms with van der Waals surface area (Å²) < 4.78 is 2.93. The van der Waals surface area contributed by atoms with Gasteiger partial charge in [-0.15, -0.1) is 20.4 Å². The van der Waals surface area contributed by atoms with Gasteiger partial charge in [0.1, 0.15) is 25.3 Å². The lowest BCUT2D eigenvalue weighted by molar-refractivity contribution is -0.154. The molecule has 4 unspecified atom stereocenters. The summed E-state index contributed by atoms with van der Waals surface area (Å²) in [4.78, 5) is 99.3. The van der Waals surface area contributed by atoms with Crippen molar-refractivity contribution in [3.05, 3.63) is 216 Å². The van der Waals surface area contributed by atoms with Crippen LogP contribution in [0.15, 0.2) is 183 Å². The molecule has 2 aliphatic rings. The minimum atomic E-state index is -1.78. The van der Waals surface area contributed by atoms with Crippen molar-refractivity contribution < 1.29 is 34.2 Å². The minimum Gasteiger partial charge on any atom is -0.412 e. The number of nitrogens with one attached hydrogen (secondary N) is 2. The number of hydrogen-bond acceptors (Lipinski definition) is 12. The maximum Gasteiger partial charge on any atom is 0.324 e. The average molecular weight is 1110 g/mol. The molecule has 23 heteroatoms. The van der Waals surface area contributed by atoms with Crippen molar-refractivity contribution in [3.8, 4) is 0 Å². The average Bonchev–Trinajstić information content (AvgIpc) is 4.32. The molecule has 0 radical (unpaired) electrons. The number of para-hydroxylation sites is 2. The van der Waals surface area contributed by atoms with Gasteiger partial charge in [0, 0.05) is 71.1 Å². The molecule has 21 nitrogen and oxygen atoms in total. The number of halogens is 2. The van der Waals surface area contributed by atoms with E-state index in [0.717, 1.165) is 0 Å². The molecule has 2 saturated heterocycles. The fraction of sp³-hybridized carbons (Fsp3) is 0.214. The first-order valence-electron chi connectivity index (χ1n) is 25.0. The molecule has 4 N–H and O–H groups in total. The fourth-order valence-corrected chi connectivity index (χ4v) is 10.2. The lowest BCUT2D eigenvalue weighted by Crippen LogP contribution is -2.71. The smallest absolute Gasteiger partial charge is 0.324 e. The van der Waals surface area contributed by atoms with E-state index in [2.05, 4.69) is 41.0 Å². The molecule has 10 rings (SSSR count). The molecular formula is C56H54Cl2N14O7. The lowest BCUT2D eigenvalue weighted by atomic mass is 9.93. The summed E-state index contributed by atoms with van der Waals surface area (Å²) in [5, 5.41) is 22.5. The topological polar surface area (TPSA) is 258 Å². The Morgan fingerprint density at radius 1 is 0.494 bits per heavy atom. The van der Waals surface area contributed by atoms with E-state index in [-0.39, 0.29) is 54.6 Å². The highest BCUT2D eigenvalue weighted by atomic mass is 35.5. The summed E-state index contributed by atoms with van der Waals surface area (Å²) >= 11 is 12.1. The minimum absolute atomic E-state index is 0. The Labute approximate surface area is 464 Å². The summed E-state index contributed by atoms with van der Waals surface area (Å²) in [6, 6.07) is 38.8. The quantitative estimate of drug-likeness (QED) is 0.102. The van der Waals surface area contributed by atoms with Gasteiger partial charge in [-0.3, -0.25) is 48.1 Å². The van der Waals surface area contributed by atoms with Gasteiger partial charge in [0.15, 0.2) is 11.6 Å². The summed E-state index contributed by atoms with van der Waals surface area (Å²) in [6.07, 6.45) is 9.34. The number of benzene rings is 4. The van der Waals surface area contributed by atoms with Crippen LogP contribution in [0.4, 0.5) is 21.0 Å². The van der Waals surface area contributed by atoms with Crippen LogP contribution in [0.5, 0.6) is 0 Å². The molecular weight excluding hydrogens is 1050 g/mol. The molecule has 4 aromatic carbocycles. The van der Waals surface area contributed by atoms with Crippen LogP contribution in [0.25, 0.3) is 0 Å². The van der Waals surface area contributed by atoms with E-state index < -0.39 is 47.3 Å². The van der Waals surface area contributed by atoms with Crippen molar-refractivity contribution in [1.82, 2.24) is 59.1 Å². The maximum absolute atomic E-state index is 14.7. The van der Waals surface area contributed by atoms with Crippen LogP contribution in [0.2, 0.25) is 10.0 Å². The molecule has 0 aliphatic carbocycles. The van der Waals surface area contributed by atoms with Crippen molar-refractivity contribution in [2.45, 2.75) is 50.1 Å². The van der Waals surface area contributed by atoms with Crippen LogP contribution in [-0.4, -0.2) is 138 Å². The number of pyridine rings is 2. The number of carbonyl (C=O) groups is 6. The zero-order valence-electron chi connectivity index (χ0n) is 42.8. The molecule has 0 spiro atoms. The number of piperazine rings is 2. The number of aromatic nitrogens is 8. The second-order valence-corrected chi connectivity index (χ2v) is 18.9. The highest BCUT2D eigenvalue weighted by molar-refractivity contribution is 6.31. The van der Waals surface area contributed by atoms with Gasteiger partial charge in [-0.1, -0.05) is 85.6 Å². The second kappa shape index (κ2) is 24.9. The van der Waals surface area contributed by atoms with Gasteiger partial charge in [0.05, 0.1) is 23.5 Å². The van der Waals surface area contributed by atoms with Gasteiger partial charge in [-0.25, -0.2) is 9.59 Å². The first-order chi connectivity index (χ1) is 37.9. The van der Waals surface area contributed by atoms with Gasteiger partial charge in [0.2, 0.25) is 11.3 Å². The van der Waals surface area contributed by atoms with Gasteiger partial charge in [0.25, 0.3) is 11.8 Å². The molecule has 0 saturated carbocycles. The number of ketones is 2. The SMILES string of the molecule is CCC(C(=O)c1ccc(Cl)cc1)N1CCN(C(=O)Nc2ccccc2)C(c2ccccn2)(n2cnnc2)C1=O.CCC(C(=O)c1ccc(Cl)cc1)N1CCN(C(=O)Nc2ccccc2)C(c2ccccn2)(n2cnnc2)C1=O.O. The number of nitrogens with zero attached hydrogens (tertiary/aromatic N) is 12. The van der Waals surface area contributed by atoms with E-state index in [1.54, 1.807) is 146 Å². The Morgan fingerprint density at radius 2 is 0.835 bits per heavy atom. The summed E-state index contributed by atoms with van der Waals surface area (Å²) in [7, 11) is 0. The maximum atomic E-state index is 14.7. The molecule has 2 aliphatic heterocycles. The number of rotatable bonds is 14. The third-order valence-corrected chi connectivity index (χ3v) is 14.1. The molecule has 4 aromatic heterocycles. The van der Waals surface area contributed by atoms with Crippen LogP contribution in [-0.2, 0) is 20.9 Å². The van der Waals surface area contributed by atoms with Gasteiger partial charge < -0.3 is 25.9 Å². The normalized spacial score (nSPS) is 17.8. The predicted octanol–water partition coefficient (Wildman–Crippen LogP) is 7.31. The second-order valence-electron chi connectivity index (χ2n) is 18.0. The third-order valence-electron chi connectivity index (χ3n) is 13.6. The Balaban J connectivity index is 0.000000205. The van der Waals surface area contributed by atoms with Gasteiger partial charge in [-0.05, 0) is 110 Å². The Hall–Kier alpha value is -9.18. The van der Waals surface area contributed by atoms with Crippen molar-refractivity contribution in [1.29, 1.82) is 0 Å². The molecule has 8 aromatic rings. The lowest BCUT2D eigenvalue weighted by Gasteiger charge is -2.50. The van der Waals surface area contributed by atoms with Crippen molar-refractivity contribution >= 4 is 70.0 Å². The van der Waals surface area contributed by atoms with E-state index in [1.165, 1.54) is 54.0 Å². The monoisotopic (exact) mass is 1100 g/mol. The van der Waals surface area contributed by atoms with Crippen LogP contribution < -0.4 is 10.6 Å². The predicted molar refractivity (Wildman–Crippen MR) is 294 cm³/mol. The standard InChI is InChI=1S/2C28H26ClN7O3.H2O/c2*1-2-23(25(37)20-11-13-21(29)14-12-20)35-16-17-36(27(39)33-22-8-4-3-5-9-22)28(26(35)38,34-18-31-32-19-34)24-10-6-7-15-30-24;/h2*3-15,18-19,23H,2,16-17H2,1H3,(H,33,39);1H2. The van der Waals surface area contributed by atoms with E-state index in [0.29, 0.717) is 45.4 Å². The Morgan fingerprint density at radius 3 is 1.15 bits per heavy atom. The molecule has 0 bridgehead atoms. The molecule has 6 heterocycles.